The molecule has 1 aliphatic rings. The molecule has 2 atom stereocenters. The quantitative estimate of drug-likeness (QED) is 0.842. The SMILES string of the molecule is CN(C1CCCCC1CN)S(=O)(=O)c1cc(Cl)c(Br)s1. The van der Waals surface area contributed by atoms with Crippen LogP contribution in [0.3, 0.4) is 0 Å². The number of sulfonamides is 1. The third-order valence-electron chi connectivity index (χ3n) is 3.89. The van der Waals surface area contributed by atoms with Gasteiger partial charge in [-0.15, -0.1) is 11.3 Å². The molecule has 20 heavy (non-hydrogen) atoms. The molecule has 1 heterocycles. The van der Waals surface area contributed by atoms with Crippen LogP contribution in [0.5, 0.6) is 0 Å². The Bertz CT molecular complexity index is 557. The Morgan fingerprint density at radius 1 is 1.50 bits per heavy atom. The Hall–Kier alpha value is 0.340. The Balaban J connectivity index is 2.28. The average molecular weight is 402 g/mol. The van der Waals surface area contributed by atoms with E-state index in [0.29, 0.717) is 15.4 Å². The predicted molar refractivity (Wildman–Crippen MR) is 86.8 cm³/mol. The Kier molecular flexibility index (Phi) is 5.53. The minimum Gasteiger partial charge on any atom is -0.330 e. The largest absolute Gasteiger partial charge is 0.330 e. The first kappa shape index (κ1) is 16.7. The standard InChI is InChI=1S/C12H18BrClN2O2S2/c1-16(10-5-3-2-4-8(10)7-15)20(17,18)11-6-9(14)12(13)19-11/h6,8,10H,2-5,7,15H2,1H3. The number of hydrogen-bond donors (Lipinski definition) is 1. The number of nitrogens with two attached hydrogens (primary N) is 1. The fourth-order valence-electron chi connectivity index (χ4n) is 2.72. The lowest BCUT2D eigenvalue weighted by molar-refractivity contribution is 0.204. The molecule has 0 saturated heterocycles. The molecule has 1 aliphatic carbocycles. The molecule has 114 valence electrons. The first-order valence-electron chi connectivity index (χ1n) is 6.51. The molecule has 0 aromatic carbocycles. The lowest BCUT2D eigenvalue weighted by atomic mass is 9.85. The van der Waals surface area contributed by atoms with Crippen molar-refractivity contribution in [2.45, 2.75) is 35.9 Å². The van der Waals surface area contributed by atoms with E-state index < -0.39 is 10.0 Å². The summed E-state index contributed by atoms with van der Waals surface area (Å²) in [5.41, 5.74) is 5.79. The second-order valence-electron chi connectivity index (χ2n) is 5.06. The Morgan fingerprint density at radius 2 is 2.15 bits per heavy atom. The maximum Gasteiger partial charge on any atom is 0.252 e. The van der Waals surface area contributed by atoms with Crippen LogP contribution in [0, 0.1) is 5.92 Å². The van der Waals surface area contributed by atoms with Gasteiger partial charge in [-0.1, -0.05) is 24.4 Å². The third kappa shape index (κ3) is 3.23. The number of thiophene rings is 1. The molecule has 2 rings (SSSR count). The topological polar surface area (TPSA) is 63.4 Å². The second-order valence-corrected chi connectivity index (χ2v) is 10.1. The lowest BCUT2D eigenvalue weighted by Crippen LogP contribution is -2.45. The van der Waals surface area contributed by atoms with E-state index in [2.05, 4.69) is 15.9 Å². The van der Waals surface area contributed by atoms with Crippen LogP contribution in [0.4, 0.5) is 0 Å². The van der Waals surface area contributed by atoms with Crippen molar-refractivity contribution in [3.05, 3.63) is 14.9 Å². The van der Waals surface area contributed by atoms with Gasteiger partial charge in [-0.3, -0.25) is 0 Å². The Labute approximate surface area is 137 Å². The summed E-state index contributed by atoms with van der Waals surface area (Å²) in [6.07, 6.45) is 4.05. The number of rotatable bonds is 4. The van der Waals surface area contributed by atoms with E-state index in [1.165, 1.54) is 10.4 Å². The monoisotopic (exact) mass is 400 g/mol. The number of nitrogens with zero attached hydrogens (tertiary/aromatic N) is 1. The summed E-state index contributed by atoms with van der Waals surface area (Å²) < 4.78 is 27.8. The van der Waals surface area contributed by atoms with Crippen molar-refractivity contribution in [3.63, 3.8) is 0 Å². The van der Waals surface area contributed by atoms with E-state index in [4.69, 9.17) is 17.3 Å². The highest BCUT2D eigenvalue weighted by Gasteiger charge is 2.35. The molecule has 1 aromatic heterocycles. The van der Waals surface area contributed by atoms with Gasteiger partial charge in [0.25, 0.3) is 10.0 Å². The molecule has 4 nitrogen and oxygen atoms in total. The van der Waals surface area contributed by atoms with Crippen molar-refractivity contribution in [1.82, 2.24) is 4.31 Å². The molecular weight excluding hydrogens is 384 g/mol. The van der Waals surface area contributed by atoms with E-state index in [-0.39, 0.29) is 16.2 Å². The van der Waals surface area contributed by atoms with E-state index in [9.17, 15) is 8.42 Å². The van der Waals surface area contributed by atoms with E-state index >= 15 is 0 Å². The fourth-order valence-corrected chi connectivity index (χ4v) is 6.75. The molecule has 0 spiro atoms. The zero-order valence-electron chi connectivity index (χ0n) is 11.2. The van der Waals surface area contributed by atoms with Crippen molar-refractivity contribution < 1.29 is 8.42 Å². The zero-order valence-corrected chi connectivity index (χ0v) is 15.2. The summed E-state index contributed by atoms with van der Waals surface area (Å²) in [5, 5.41) is 0.431. The minimum absolute atomic E-state index is 0.0154. The molecular formula is C12H18BrClN2O2S2. The van der Waals surface area contributed by atoms with Gasteiger partial charge in [0.15, 0.2) is 0 Å². The van der Waals surface area contributed by atoms with Crippen molar-refractivity contribution in [2.24, 2.45) is 11.7 Å². The average Bonchev–Trinajstić information content (AvgIpc) is 2.78. The molecule has 1 fully saturated rings. The molecule has 1 saturated carbocycles. The molecule has 2 N–H and O–H groups in total. The summed E-state index contributed by atoms with van der Waals surface area (Å²) in [5.74, 6) is 0.238. The molecule has 0 aliphatic heterocycles. The number of hydrogen-bond acceptors (Lipinski definition) is 4. The van der Waals surface area contributed by atoms with Crippen LogP contribution in [0.25, 0.3) is 0 Å². The number of halogens is 2. The first-order valence-corrected chi connectivity index (χ1v) is 9.93. The van der Waals surface area contributed by atoms with Crippen LogP contribution in [0.15, 0.2) is 14.1 Å². The maximum atomic E-state index is 12.7. The van der Waals surface area contributed by atoms with Gasteiger partial charge in [0.1, 0.15) is 4.21 Å². The van der Waals surface area contributed by atoms with Gasteiger partial charge in [0, 0.05) is 13.1 Å². The van der Waals surface area contributed by atoms with Gasteiger partial charge >= 0.3 is 0 Å². The summed E-state index contributed by atoms with van der Waals surface area (Å²) in [6, 6.07) is 1.49. The third-order valence-corrected chi connectivity index (χ3v) is 8.70. The second kappa shape index (κ2) is 6.62. The van der Waals surface area contributed by atoms with Gasteiger partial charge in [0.05, 0.1) is 8.81 Å². The van der Waals surface area contributed by atoms with Crippen LogP contribution in [-0.4, -0.2) is 32.4 Å². The van der Waals surface area contributed by atoms with Crippen molar-refractivity contribution in [1.29, 1.82) is 0 Å². The van der Waals surface area contributed by atoms with E-state index in [0.717, 1.165) is 37.0 Å². The predicted octanol–water partition coefficient (Wildman–Crippen LogP) is 3.30. The van der Waals surface area contributed by atoms with Gasteiger partial charge < -0.3 is 5.73 Å². The minimum atomic E-state index is -3.50. The van der Waals surface area contributed by atoms with Gasteiger partial charge in [-0.25, -0.2) is 8.42 Å². The molecule has 0 radical (unpaired) electrons. The van der Waals surface area contributed by atoms with E-state index in [1.54, 1.807) is 7.05 Å². The Morgan fingerprint density at radius 3 is 2.70 bits per heavy atom. The smallest absolute Gasteiger partial charge is 0.252 e. The summed E-state index contributed by atoms with van der Waals surface area (Å²) >= 11 is 10.4. The molecule has 0 amide bonds. The first-order chi connectivity index (χ1) is 9.37. The highest BCUT2D eigenvalue weighted by molar-refractivity contribution is 9.11. The molecule has 2 unspecified atom stereocenters. The summed E-state index contributed by atoms with van der Waals surface area (Å²) in [7, 11) is -1.85. The summed E-state index contributed by atoms with van der Waals surface area (Å²) in [6.45, 7) is 0.527. The van der Waals surface area contributed by atoms with Crippen LogP contribution < -0.4 is 5.73 Å². The van der Waals surface area contributed by atoms with Gasteiger partial charge in [0.2, 0.25) is 0 Å². The van der Waals surface area contributed by atoms with Crippen LogP contribution >= 0.6 is 38.9 Å². The van der Waals surface area contributed by atoms with Crippen LogP contribution in [-0.2, 0) is 10.0 Å². The van der Waals surface area contributed by atoms with Crippen LogP contribution in [0.2, 0.25) is 5.02 Å². The molecule has 1 aromatic rings. The van der Waals surface area contributed by atoms with Crippen LogP contribution in [0.1, 0.15) is 25.7 Å². The van der Waals surface area contributed by atoms with Crippen molar-refractivity contribution >= 4 is 48.9 Å². The molecule has 8 heteroatoms. The summed E-state index contributed by atoms with van der Waals surface area (Å²) in [4.78, 5) is 0. The zero-order chi connectivity index (χ0) is 14.9. The lowest BCUT2D eigenvalue weighted by Gasteiger charge is -2.36. The highest BCUT2D eigenvalue weighted by Crippen LogP contribution is 2.37. The fraction of sp³-hybridized carbons (Fsp3) is 0.667. The highest BCUT2D eigenvalue weighted by atomic mass is 79.9. The van der Waals surface area contributed by atoms with Gasteiger partial charge in [-0.2, -0.15) is 4.31 Å². The molecule has 0 bridgehead atoms. The van der Waals surface area contributed by atoms with Crippen molar-refractivity contribution in [3.8, 4) is 0 Å². The van der Waals surface area contributed by atoms with E-state index in [1.807, 2.05) is 0 Å². The maximum absolute atomic E-state index is 12.7. The normalized spacial score (nSPS) is 24.2. The van der Waals surface area contributed by atoms with Gasteiger partial charge in [-0.05, 0) is 47.3 Å². The van der Waals surface area contributed by atoms with Crippen molar-refractivity contribution in [2.75, 3.05) is 13.6 Å².